The molecular weight excluding hydrogens is 352 g/mol. The molecular formula is C19H22N2O2S2. The summed E-state index contributed by atoms with van der Waals surface area (Å²) in [6.45, 7) is 3.89. The van der Waals surface area contributed by atoms with Gasteiger partial charge in [0.05, 0.1) is 16.2 Å². The van der Waals surface area contributed by atoms with Crippen LogP contribution in [0, 0.1) is 0 Å². The molecule has 0 bridgehead atoms. The Kier molecular flexibility index (Phi) is 6.26. The van der Waals surface area contributed by atoms with E-state index in [1.807, 2.05) is 49.5 Å². The van der Waals surface area contributed by atoms with Crippen LogP contribution in [0.1, 0.15) is 40.8 Å². The van der Waals surface area contributed by atoms with Crippen LogP contribution in [0.4, 0.5) is 5.69 Å². The third kappa shape index (κ3) is 5.16. The van der Waals surface area contributed by atoms with Crippen molar-refractivity contribution in [1.29, 1.82) is 0 Å². The molecule has 25 heavy (non-hydrogen) atoms. The molecule has 0 aliphatic carbocycles. The van der Waals surface area contributed by atoms with E-state index in [9.17, 15) is 4.79 Å². The monoisotopic (exact) mass is 374 g/mol. The minimum absolute atomic E-state index is 0.0606. The maximum atomic E-state index is 12.4. The summed E-state index contributed by atoms with van der Waals surface area (Å²) in [7, 11) is 0. The average molecular weight is 375 g/mol. The van der Waals surface area contributed by atoms with Crippen LogP contribution in [0.25, 0.3) is 0 Å². The number of nitrogens with zero attached hydrogens (tertiary/aromatic N) is 1. The third-order valence-electron chi connectivity index (χ3n) is 3.60. The average Bonchev–Trinajstić information content (AvgIpc) is 2.63. The van der Waals surface area contributed by atoms with Gasteiger partial charge in [-0.05, 0) is 55.5 Å². The van der Waals surface area contributed by atoms with Gasteiger partial charge in [0.15, 0.2) is 0 Å². The van der Waals surface area contributed by atoms with Gasteiger partial charge in [0.2, 0.25) is 5.88 Å². The Balaban J connectivity index is 1.66. The molecule has 1 aliphatic heterocycles. The predicted molar refractivity (Wildman–Crippen MR) is 107 cm³/mol. The number of nitrogens with one attached hydrogen (secondary N) is 1. The maximum Gasteiger partial charge on any atom is 0.257 e. The number of hydrogen-bond donors (Lipinski definition) is 1. The van der Waals surface area contributed by atoms with Crippen LogP contribution in [-0.2, 0) is 0 Å². The van der Waals surface area contributed by atoms with E-state index >= 15 is 0 Å². The molecule has 4 nitrogen and oxygen atoms in total. The summed E-state index contributed by atoms with van der Waals surface area (Å²) >= 11 is 3.95. The highest BCUT2D eigenvalue weighted by molar-refractivity contribution is 8.16. The highest BCUT2D eigenvalue weighted by Crippen LogP contribution is 2.44. The standard InChI is InChI=1S/C19H22N2O2S2/c1-13(2)23-17-8-7-15(12-20-17)18(22)21-16-6-3-5-14(11-16)19-24-9-4-10-25-19/h3,5-8,11-13,19H,4,9-10H2,1-2H3,(H,21,22). The zero-order valence-corrected chi connectivity index (χ0v) is 16.0. The number of thioether (sulfide) groups is 2. The van der Waals surface area contributed by atoms with Gasteiger partial charge in [-0.2, -0.15) is 0 Å². The SMILES string of the molecule is CC(C)Oc1ccc(C(=O)Nc2cccc(C3SCCCS3)c2)cn1. The first-order valence-electron chi connectivity index (χ1n) is 8.39. The molecule has 2 heterocycles. The number of rotatable bonds is 5. The quantitative estimate of drug-likeness (QED) is 0.799. The molecule has 1 aromatic carbocycles. The van der Waals surface area contributed by atoms with Gasteiger partial charge < -0.3 is 10.1 Å². The van der Waals surface area contributed by atoms with Crippen LogP contribution >= 0.6 is 23.5 Å². The summed E-state index contributed by atoms with van der Waals surface area (Å²) in [4.78, 5) is 16.6. The van der Waals surface area contributed by atoms with Gasteiger partial charge in [0.25, 0.3) is 5.91 Å². The Bertz CT molecular complexity index is 714. The van der Waals surface area contributed by atoms with Crippen LogP contribution < -0.4 is 10.1 Å². The fourth-order valence-corrected chi connectivity index (χ4v) is 5.35. The smallest absolute Gasteiger partial charge is 0.257 e. The Labute approximate surface area is 157 Å². The number of benzene rings is 1. The number of ether oxygens (including phenoxy) is 1. The molecule has 0 saturated carbocycles. The molecule has 1 N–H and O–H groups in total. The molecule has 0 radical (unpaired) electrons. The van der Waals surface area contributed by atoms with Crippen molar-refractivity contribution in [3.05, 3.63) is 53.7 Å². The predicted octanol–water partition coefficient (Wildman–Crippen LogP) is 4.99. The van der Waals surface area contributed by atoms with Crippen LogP contribution in [0.5, 0.6) is 5.88 Å². The van der Waals surface area contributed by atoms with Crippen molar-refractivity contribution in [2.45, 2.75) is 31.0 Å². The van der Waals surface area contributed by atoms with Crippen molar-refractivity contribution in [3.8, 4) is 5.88 Å². The molecule has 3 rings (SSSR count). The van der Waals surface area contributed by atoms with Gasteiger partial charge in [0, 0.05) is 18.0 Å². The van der Waals surface area contributed by atoms with Crippen molar-refractivity contribution in [2.24, 2.45) is 0 Å². The lowest BCUT2D eigenvalue weighted by atomic mass is 10.2. The molecule has 1 fully saturated rings. The number of anilines is 1. The molecule has 2 aromatic rings. The number of carbonyl (C=O) groups excluding carboxylic acids is 1. The Morgan fingerprint density at radius 2 is 2.04 bits per heavy atom. The van der Waals surface area contributed by atoms with Gasteiger partial charge in [-0.15, -0.1) is 23.5 Å². The summed E-state index contributed by atoms with van der Waals surface area (Å²) in [6.07, 6.45) is 2.88. The number of hydrogen-bond acceptors (Lipinski definition) is 5. The Hall–Kier alpha value is -1.66. The van der Waals surface area contributed by atoms with E-state index in [0.29, 0.717) is 16.0 Å². The van der Waals surface area contributed by atoms with Crippen molar-refractivity contribution in [1.82, 2.24) is 4.98 Å². The van der Waals surface area contributed by atoms with E-state index < -0.39 is 0 Å². The largest absolute Gasteiger partial charge is 0.475 e. The zero-order chi connectivity index (χ0) is 17.6. The third-order valence-corrected chi connectivity index (χ3v) is 6.61. The molecule has 1 aliphatic rings. The summed E-state index contributed by atoms with van der Waals surface area (Å²) in [5.74, 6) is 2.76. The minimum atomic E-state index is -0.162. The molecule has 0 unspecified atom stereocenters. The van der Waals surface area contributed by atoms with Crippen LogP contribution in [0.2, 0.25) is 0 Å². The lowest BCUT2D eigenvalue weighted by Gasteiger charge is -2.21. The first kappa shape index (κ1) is 18.1. The Morgan fingerprint density at radius 3 is 2.72 bits per heavy atom. The van der Waals surface area contributed by atoms with Gasteiger partial charge in [-0.3, -0.25) is 4.79 Å². The van der Waals surface area contributed by atoms with E-state index in [0.717, 1.165) is 5.69 Å². The number of amides is 1. The molecule has 1 amide bonds. The van der Waals surface area contributed by atoms with E-state index in [4.69, 9.17) is 4.74 Å². The second kappa shape index (κ2) is 8.63. The first-order chi connectivity index (χ1) is 12.1. The van der Waals surface area contributed by atoms with Gasteiger partial charge in [0.1, 0.15) is 0 Å². The zero-order valence-electron chi connectivity index (χ0n) is 14.4. The fourth-order valence-electron chi connectivity index (χ4n) is 2.47. The molecule has 6 heteroatoms. The van der Waals surface area contributed by atoms with Crippen molar-refractivity contribution >= 4 is 35.1 Å². The van der Waals surface area contributed by atoms with Crippen LogP contribution in [0.15, 0.2) is 42.6 Å². The lowest BCUT2D eigenvalue weighted by molar-refractivity contribution is 0.102. The van der Waals surface area contributed by atoms with E-state index in [1.54, 1.807) is 18.3 Å². The van der Waals surface area contributed by atoms with Crippen LogP contribution in [0.3, 0.4) is 0 Å². The van der Waals surface area contributed by atoms with Crippen molar-refractivity contribution < 1.29 is 9.53 Å². The van der Waals surface area contributed by atoms with Crippen LogP contribution in [-0.4, -0.2) is 28.5 Å². The summed E-state index contributed by atoms with van der Waals surface area (Å²) < 4.78 is 5.96. The molecule has 1 saturated heterocycles. The topological polar surface area (TPSA) is 51.2 Å². The summed E-state index contributed by atoms with van der Waals surface area (Å²) in [6, 6.07) is 11.6. The number of aromatic nitrogens is 1. The number of pyridine rings is 1. The first-order valence-corrected chi connectivity index (χ1v) is 10.5. The van der Waals surface area contributed by atoms with E-state index in [1.165, 1.54) is 23.5 Å². The molecule has 0 spiro atoms. The molecule has 1 aromatic heterocycles. The second-order valence-corrected chi connectivity index (χ2v) is 8.78. The minimum Gasteiger partial charge on any atom is -0.475 e. The van der Waals surface area contributed by atoms with E-state index in [-0.39, 0.29) is 12.0 Å². The number of carbonyl (C=O) groups is 1. The highest BCUT2D eigenvalue weighted by atomic mass is 32.2. The van der Waals surface area contributed by atoms with Gasteiger partial charge in [-0.1, -0.05) is 12.1 Å². The summed E-state index contributed by atoms with van der Waals surface area (Å²) in [5.41, 5.74) is 2.59. The Morgan fingerprint density at radius 1 is 1.24 bits per heavy atom. The van der Waals surface area contributed by atoms with Crippen molar-refractivity contribution in [3.63, 3.8) is 0 Å². The van der Waals surface area contributed by atoms with Gasteiger partial charge >= 0.3 is 0 Å². The second-order valence-electron chi connectivity index (χ2n) is 6.06. The van der Waals surface area contributed by atoms with E-state index in [2.05, 4.69) is 22.4 Å². The fraction of sp³-hybridized carbons (Fsp3) is 0.368. The van der Waals surface area contributed by atoms with Gasteiger partial charge in [-0.25, -0.2) is 4.98 Å². The lowest BCUT2D eigenvalue weighted by Crippen LogP contribution is -2.13. The van der Waals surface area contributed by atoms with Crippen molar-refractivity contribution in [2.75, 3.05) is 16.8 Å². The summed E-state index contributed by atoms with van der Waals surface area (Å²) in [5, 5.41) is 2.96. The molecule has 0 atom stereocenters. The molecule has 132 valence electrons. The normalized spacial score (nSPS) is 15.2. The highest BCUT2D eigenvalue weighted by Gasteiger charge is 2.17. The maximum absolute atomic E-state index is 12.4.